The second-order valence-electron chi connectivity index (χ2n) is 8.96. The number of aryl methyl sites for hydroxylation is 1. The minimum absolute atomic E-state index is 0.270. The van der Waals surface area contributed by atoms with Gasteiger partial charge in [0.1, 0.15) is 17.6 Å². The minimum Gasteiger partial charge on any atom is -0.457 e. The maximum Gasteiger partial charge on any atom is 0.319 e. The van der Waals surface area contributed by atoms with E-state index in [2.05, 4.69) is 32.0 Å². The molecule has 9 heteroatoms. The van der Waals surface area contributed by atoms with Gasteiger partial charge in [0.15, 0.2) is 0 Å². The Kier molecular flexibility index (Phi) is 8.23. The van der Waals surface area contributed by atoms with E-state index in [1.807, 2.05) is 75.6 Å². The number of nitrogens with one attached hydrogen (secondary N) is 3. The molecule has 2 heterocycles. The number of anilines is 3. The first-order chi connectivity index (χ1) is 17.9. The van der Waals surface area contributed by atoms with Crippen LogP contribution in [0.3, 0.4) is 0 Å². The summed E-state index contributed by atoms with van der Waals surface area (Å²) < 4.78 is 7.53. The van der Waals surface area contributed by atoms with E-state index in [1.54, 1.807) is 10.7 Å². The highest BCUT2D eigenvalue weighted by Gasteiger charge is 2.17. The first kappa shape index (κ1) is 25.5. The molecule has 0 unspecified atom stereocenters. The smallest absolute Gasteiger partial charge is 0.319 e. The Bertz CT molecular complexity index is 1390. The zero-order valence-electron chi connectivity index (χ0n) is 21.3. The van der Waals surface area contributed by atoms with E-state index in [1.165, 1.54) is 6.20 Å². The van der Waals surface area contributed by atoms with Gasteiger partial charge in [0, 0.05) is 17.8 Å². The number of rotatable bonds is 10. The molecule has 0 spiro atoms. The van der Waals surface area contributed by atoms with Crippen molar-refractivity contribution in [1.29, 1.82) is 5.26 Å². The van der Waals surface area contributed by atoms with E-state index in [-0.39, 0.29) is 6.03 Å². The fraction of sp³-hybridized carbons (Fsp3) is 0.250. The topological polar surface area (TPSA) is 107 Å². The minimum atomic E-state index is -0.270. The van der Waals surface area contributed by atoms with Gasteiger partial charge in [-0.25, -0.2) is 9.31 Å². The third kappa shape index (κ3) is 6.57. The Balaban J connectivity index is 1.49. The summed E-state index contributed by atoms with van der Waals surface area (Å²) in [6.07, 6.45) is 5.17. The van der Waals surface area contributed by atoms with Crippen molar-refractivity contribution in [2.24, 2.45) is 0 Å². The molecule has 0 saturated carbocycles. The summed E-state index contributed by atoms with van der Waals surface area (Å²) in [4.78, 5) is 14.6. The van der Waals surface area contributed by atoms with Crippen molar-refractivity contribution < 1.29 is 9.53 Å². The van der Waals surface area contributed by atoms with Crippen molar-refractivity contribution in [2.75, 3.05) is 37.8 Å². The summed E-state index contributed by atoms with van der Waals surface area (Å²) in [5.74, 6) is 1.46. The standard InChI is InChI=1S/C28H31N7O2/c1-20-25(33-28(36)30-15-7-8-16-34(2)3)19-35-27(20)26(21(17-29)18-31-35)32-22-11-13-24(14-12-22)37-23-9-5-4-6-10-23/h4-6,9-14,18-19,32H,7-8,15-16H2,1-3H3,(H2,30,33,36). The van der Waals surface area contributed by atoms with Gasteiger partial charge in [0.25, 0.3) is 0 Å². The van der Waals surface area contributed by atoms with Crippen LogP contribution in [-0.2, 0) is 0 Å². The molecule has 2 aromatic heterocycles. The van der Waals surface area contributed by atoms with Gasteiger partial charge in [-0.1, -0.05) is 18.2 Å². The summed E-state index contributed by atoms with van der Waals surface area (Å²) in [6, 6.07) is 19.0. The molecule has 4 rings (SSSR count). The zero-order valence-corrected chi connectivity index (χ0v) is 21.3. The number of ether oxygens (including phenoxy) is 1. The highest BCUT2D eigenvalue weighted by atomic mass is 16.5. The number of unbranched alkanes of at least 4 members (excludes halogenated alkanes) is 1. The van der Waals surface area contributed by atoms with Crippen LogP contribution < -0.4 is 20.7 Å². The van der Waals surface area contributed by atoms with E-state index in [9.17, 15) is 10.1 Å². The van der Waals surface area contributed by atoms with Gasteiger partial charge >= 0.3 is 6.03 Å². The van der Waals surface area contributed by atoms with Gasteiger partial charge in [-0.15, -0.1) is 0 Å². The van der Waals surface area contributed by atoms with Crippen LogP contribution in [0.1, 0.15) is 24.0 Å². The number of hydrogen-bond acceptors (Lipinski definition) is 6. The second kappa shape index (κ2) is 11.9. The summed E-state index contributed by atoms with van der Waals surface area (Å²) >= 11 is 0. The Hall–Kier alpha value is -4.55. The summed E-state index contributed by atoms with van der Waals surface area (Å²) in [7, 11) is 4.07. The molecule has 0 fully saturated rings. The molecule has 0 aliphatic rings. The molecule has 4 aromatic rings. The van der Waals surface area contributed by atoms with Crippen molar-refractivity contribution in [2.45, 2.75) is 19.8 Å². The number of para-hydroxylation sites is 1. The number of urea groups is 1. The Morgan fingerprint density at radius 2 is 1.81 bits per heavy atom. The molecule has 3 N–H and O–H groups in total. The highest BCUT2D eigenvalue weighted by Crippen LogP contribution is 2.33. The lowest BCUT2D eigenvalue weighted by molar-refractivity contribution is 0.251. The van der Waals surface area contributed by atoms with Crippen molar-refractivity contribution in [3.8, 4) is 17.6 Å². The maximum atomic E-state index is 12.5. The first-order valence-electron chi connectivity index (χ1n) is 12.1. The van der Waals surface area contributed by atoms with E-state index >= 15 is 0 Å². The van der Waals surface area contributed by atoms with E-state index in [0.29, 0.717) is 34.7 Å². The zero-order chi connectivity index (χ0) is 26.2. The normalized spacial score (nSPS) is 10.8. The lowest BCUT2D eigenvalue weighted by Gasteiger charge is -2.12. The molecule has 0 bridgehead atoms. The third-order valence-corrected chi connectivity index (χ3v) is 5.85. The van der Waals surface area contributed by atoms with Gasteiger partial charge in [-0.3, -0.25) is 0 Å². The predicted molar refractivity (Wildman–Crippen MR) is 146 cm³/mol. The van der Waals surface area contributed by atoms with Gasteiger partial charge in [-0.05, 0) is 76.8 Å². The monoisotopic (exact) mass is 497 g/mol. The van der Waals surface area contributed by atoms with Crippen LogP contribution in [-0.4, -0.2) is 47.7 Å². The summed E-state index contributed by atoms with van der Waals surface area (Å²) in [6.45, 7) is 3.48. The quantitative estimate of drug-likeness (QED) is 0.249. The van der Waals surface area contributed by atoms with Crippen LogP contribution in [0.4, 0.5) is 21.9 Å². The van der Waals surface area contributed by atoms with Crippen LogP contribution in [0.25, 0.3) is 5.52 Å². The third-order valence-electron chi connectivity index (χ3n) is 5.85. The number of nitrogens with zero attached hydrogens (tertiary/aromatic N) is 4. The number of benzene rings is 2. The number of carbonyl (C=O) groups is 1. The Labute approximate surface area is 216 Å². The fourth-order valence-corrected chi connectivity index (χ4v) is 3.92. The van der Waals surface area contributed by atoms with Gasteiger partial charge in [-0.2, -0.15) is 10.4 Å². The van der Waals surface area contributed by atoms with Crippen molar-refractivity contribution >= 4 is 28.6 Å². The number of nitriles is 1. The molecular weight excluding hydrogens is 466 g/mol. The van der Waals surface area contributed by atoms with Crippen molar-refractivity contribution in [1.82, 2.24) is 19.8 Å². The van der Waals surface area contributed by atoms with Crippen molar-refractivity contribution in [3.63, 3.8) is 0 Å². The molecule has 0 saturated heterocycles. The lowest BCUT2D eigenvalue weighted by Crippen LogP contribution is -2.30. The lowest BCUT2D eigenvalue weighted by atomic mass is 10.1. The number of fused-ring (bicyclic) bond motifs is 1. The average Bonchev–Trinajstić information content (AvgIpc) is 3.20. The Morgan fingerprint density at radius 1 is 1.08 bits per heavy atom. The molecule has 9 nitrogen and oxygen atoms in total. The van der Waals surface area contributed by atoms with Crippen molar-refractivity contribution in [3.05, 3.63) is 78.1 Å². The molecule has 190 valence electrons. The first-order valence-corrected chi connectivity index (χ1v) is 12.1. The molecule has 0 atom stereocenters. The average molecular weight is 498 g/mol. The molecular formula is C28H31N7O2. The number of hydrogen-bond donors (Lipinski definition) is 3. The van der Waals surface area contributed by atoms with E-state index < -0.39 is 0 Å². The highest BCUT2D eigenvalue weighted by molar-refractivity contribution is 5.94. The Morgan fingerprint density at radius 3 is 2.51 bits per heavy atom. The largest absolute Gasteiger partial charge is 0.457 e. The maximum absolute atomic E-state index is 12.5. The summed E-state index contributed by atoms with van der Waals surface area (Å²) in [5.41, 5.74) is 3.95. The molecule has 0 radical (unpaired) electrons. The molecule has 0 aliphatic carbocycles. The van der Waals surface area contributed by atoms with Gasteiger partial charge in [0.05, 0.1) is 34.8 Å². The van der Waals surface area contributed by atoms with Crippen LogP contribution in [0.5, 0.6) is 11.5 Å². The van der Waals surface area contributed by atoms with Crippen LogP contribution in [0.2, 0.25) is 0 Å². The van der Waals surface area contributed by atoms with Gasteiger partial charge in [0.2, 0.25) is 0 Å². The number of carbonyl (C=O) groups excluding carboxylic acids is 1. The summed E-state index contributed by atoms with van der Waals surface area (Å²) in [5, 5.41) is 23.3. The molecule has 0 aliphatic heterocycles. The van der Waals surface area contributed by atoms with E-state index in [4.69, 9.17) is 4.74 Å². The van der Waals surface area contributed by atoms with Crippen LogP contribution >= 0.6 is 0 Å². The van der Waals surface area contributed by atoms with Gasteiger partial charge < -0.3 is 25.6 Å². The SMILES string of the molecule is Cc1c(NC(=O)NCCCCN(C)C)cn2ncc(C#N)c(Nc3ccc(Oc4ccccc4)cc3)c12. The van der Waals surface area contributed by atoms with Crippen LogP contribution in [0.15, 0.2) is 67.0 Å². The molecule has 2 aromatic carbocycles. The van der Waals surface area contributed by atoms with E-state index in [0.717, 1.165) is 36.4 Å². The number of aromatic nitrogens is 2. The molecule has 2 amide bonds. The second-order valence-corrected chi connectivity index (χ2v) is 8.96. The molecule has 37 heavy (non-hydrogen) atoms. The van der Waals surface area contributed by atoms with Crippen LogP contribution in [0, 0.1) is 18.3 Å². The number of amides is 2. The fourth-order valence-electron chi connectivity index (χ4n) is 3.92. The predicted octanol–water partition coefficient (Wildman–Crippen LogP) is 5.51.